The highest BCUT2D eigenvalue weighted by Crippen LogP contribution is 2.77. The van der Waals surface area contributed by atoms with Crippen molar-refractivity contribution >= 4 is 87.0 Å². The molecule has 3 aliphatic rings. The summed E-state index contributed by atoms with van der Waals surface area (Å²) in [7, 11) is 0. The third kappa shape index (κ3) is 1.17. The van der Waals surface area contributed by atoms with Crippen molar-refractivity contribution in [3.63, 3.8) is 0 Å². The van der Waals surface area contributed by atoms with Gasteiger partial charge in [0, 0.05) is 11.0 Å². The van der Waals surface area contributed by atoms with Gasteiger partial charge in [0.1, 0.15) is 9.75 Å². The zero-order valence-electron chi connectivity index (χ0n) is 8.44. The summed E-state index contributed by atoms with van der Waals surface area (Å²) in [4.78, 5) is 9.23. The van der Waals surface area contributed by atoms with Crippen molar-refractivity contribution in [1.82, 2.24) is 0 Å². The lowest BCUT2D eigenvalue weighted by Gasteiger charge is -2.38. The molecule has 0 N–H and O–H groups in total. The van der Waals surface area contributed by atoms with Crippen LogP contribution in [0.15, 0.2) is 11.1 Å². The van der Waals surface area contributed by atoms with Crippen LogP contribution in [0.2, 0.25) is 0 Å². The SMILES string of the molecule is O=C1C=C(Cl)[C@@H]2[C@H]1[C@@]1(Cl)[C@@H](Cl)[C@@H](Cl)[C@]2(Cl)C1(Cl)Cl. The van der Waals surface area contributed by atoms with E-state index >= 15 is 0 Å². The maximum atomic E-state index is 12.0. The van der Waals surface area contributed by atoms with Crippen LogP contribution in [0.1, 0.15) is 0 Å². The van der Waals surface area contributed by atoms with Crippen LogP contribution < -0.4 is 0 Å². The summed E-state index contributed by atoms with van der Waals surface area (Å²) in [5.74, 6) is -1.60. The monoisotopic (exact) mass is 386 g/mol. The van der Waals surface area contributed by atoms with E-state index in [9.17, 15) is 4.79 Å². The average Bonchev–Trinajstić information content (AvgIpc) is 2.68. The first kappa shape index (κ1) is 14.4. The van der Waals surface area contributed by atoms with Gasteiger partial charge in [-0.25, -0.2) is 0 Å². The molecule has 0 heterocycles. The van der Waals surface area contributed by atoms with E-state index < -0.39 is 36.7 Å². The van der Waals surface area contributed by atoms with Crippen LogP contribution in [0.3, 0.4) is 0 Å². The normalized spacial score (nSPS) is 56.8. The molecule has 2 bridgehead atoms. The Bertz CT molecular complexity index is 489. The second-order valence-corrected chi connectivity index (χ2v) is 8.76. The minimum atomic E-state index is -1.64. The van der Waals surface area contributed by atoms with Crippen molar-refractivity contribution in [2.75, 3.05) is 0 Å². The first-order valence-electron chi connectivity index (χ1n) is 5.06. The minimum Gasteiger partial charge on any atom is -0.294 e. The molecule has 0 amide bonds. The van der Waals surface area contributed by atoms with Crippen LogP contribution in [-0.4, -0.2) is 30.6 Å². The molecule has 0 aromatic rings. The van der Waals surface area contributed by atoms with Crippen LogP contribution in [-0.2, 0) is 4.79 Å². The molecule has 0 radical (unpaired) electrons. The van der Waals surface area contributed by atoms with Crippen molar-refractivity contribution in [3.8, 4) is 0 Å². The van der Waals surface area contributed by atoms with Crippen LogP contribution in [0.4, 0.5) is 0 Å². The van der Waals surface area contributed by atoms with Gasteiger partial charge in [-0.3, -0.25) is 4.79 Å². The average molecular weight is 389 g/mol. The van der Waals surface area contributed by atoms with Crippen LogP contribution in [0.5, 0.6) is 0 Å². The summed E-state index contributed by atoms with van der Waals surface area (Å²) >= 11 is 44.2. The number of alkyl halides is 6. The number of carbonyl (C=O) groups is 1. The molecule has 2 saturated carbocycles. The summed E-state index contributed by atoms with van der Waals surface area (Å²) in [6.45, 7) is 0. The lowest BCUT2D eigenvalue weighted by molar-refractivity contribution is -0.119. The molecule has 3 aliphatic carbocycles. The highest BCUT2D eigenvalue weighted by molar-refractivity contribution is 6.63. The third-order valence-electron chi connectivity index (χ3n) is 4.14. The number of carbonyl (C=O) groups excluding carboxylic acids is 1. The molecule has 3 rings (SSSR count). The Labute approximate surface area is 139 Å². The predicted octanol–water partition coefficient (Wildman–Crippen LogP) is 4.30. The van der Waals surface area contributed by atoms with Crippen molar-refractivity contribution in [2.45, 2.75) is 24.8 Å². The fourth-order valence-electron chi connectivity index (χ4n) is 3.33. The molecule has 6 atom stereocenters. The standard InChI is InChI=1S/C10H5Cl7O/c11-2-1-3(18)5-4(2)8(14)6(12)7(13)9(5,15)10(8,16)17/h1,4-7H/t4-,5+,6-,7+,8+,9-/m1/s1. The molecule has 0 unspecified atom stereocenters. The van der Waals surface area contributed by atoms with E-state index in [1.165, 1.54) is 6.08 Å². The van der Waals surface area contributed by atoms with E-state index in [4.69, 9.17) is 81.2 Å². The Hall–Kier alpha value is 1.44. The van der Waals surface area contributed by atoms with Gasteiger partial charge in [-0.15, -0.1) is 46.4 Å². The molecule has 2 fully saturated rings. The van der Waals surface area contributed by atoms with Gasteiger partial charge in [0.05, 0.1) is 16.7 Å². The summed E-state index contributed by atoms with van der Waals surface area (Å²) < 4.78 is -1.64. The van der Waals surface area contributed by atoms with Gasteiger partial charge < -0.3 is 0 Å². The van der Waals surface area contributed by atoms with E-state index in [-0.39, 0.29) is 10.8 Å². The Kier molecular flexibility index (Phi) is 3.03. The highest BCUT2D eigenvalue weighted by atomic mass is 35.5. The van der Waals surface area contributed by atoms with Crippen LogP contribution >= 0.6 is 81.2 Å². The van der Waals surface area contributed by atoms with E-state index in [1.807, 2.05) is 0 Å². The second kappa shape index (κ2) is 3.80. The van der Waals surface area contributed by atoms with Gasteiger partial charge in [0.15, 0.2) is 10.1 Å². The Morgan fingerprint density at radius 2 is 1.39 bits per heavy atom. The predicted molar refractivity (Wildman–Crippen MR) is 76.8 cm³/mol. The zero-order chi connectivity index (χ0) is 13.7. The molecule has 1 nitrogen and oxygen atoms in total. The molecule has 0 spiro atoms. The number of allylic oxidation sites excluding steroid dienone is 2. The minimum absolute atomic E-state index is 0.262. The fraction of sp³-hybridized carbons (Fsp3) is 0.700. The molecule has 8 heteroatoms. The fourth-order valence-corrected chi connectivity index (χ4v) is 7.17. The van der Waals surface area contributed by atoms with Gasteiger partial charge in [0.25, 0.3) is 0 Å². The maximum absolute atomic E-state index is 12.0. The third-order valence-corrected chi connectivity index (χ3v) is 9.18. The van der Waals surface area contributed by atoms with Crippen molar-refractivity contribution in [2.24, 2.45) is 11.8 Å². The number of rotatable bonds is 0. The largest absolute Gasteiger partial charge is 0.294 e. The first-order valence-corrected chi connectivity index (χ1v) is 7.82. The Balaban J connectivity index is 2.30. The smallest absolute Gasteiger partial charge is 0.162 e. The second-order valence-electron chi connectivity index (χ2n) is 4.80. The summed E-state index contributed by atoms with van der Waals surface area (Å²) in [6.07, 6.45) is 1.30. The molecule has 0 aromatic heterocycles. The number of halogens is 7. The number of hydrogen-bond donors (Lipinski definition) is 0. The Morgan fingerprint density at radius 1 is 0.944 bits per heavy atom. The maximum Gasteiger partial charge on any atom is 0.162 e. The molecular formula is C10H5Cl7O. The number of fused-ring (bicyclic) bond motifs is 5. The van der Waals surface area contributed by atoms with Crippen molar-refractivity contribution in [1.29, 1.82) is 0 Å². The van der Waals surface area contributed by atoms with Crippen molar-refractivity contribution < 1.29 is 4.79 Å². The summed E-state index contributed by atoms with van der Waals surface area (Å²) in [5.41, 5.74) is 0. The number of hydrogen-bond acceptors (Lipinski definition) is 1. The van der Waals surface area contributed by atoms with E-state index in [0.29, 0.717) is 0 Å². The number of ketones is 1. The first-order chi connectivity index (χ1) is 8.11. The van der Waals surface area contributed by atoms with E-state index in [0.717, 1.165) is 0 Å². The molecular weight excluding hydrogens is 384 g/mol. The van der Waals surface area contributed by atoms with Gasteiger partial charge in [-0.05, 0) is 6.08 Å². The van der Waals surface area contributed by atoms with E-state index in [2.05, 4.69) is 0 Å². The topological polar surface area (TPSA) is 17.1 Å². The quantitative estimate of drug-likeness (QED) is 0.565. The lowest BCUT2D eigenvalue weighted by Crippen LogP contribution is -2.50. The summed E-state index contributed by atoms with van der Waals surface area (Å²) in [5, 5.41) is -1.33. The molecule has 0 aliphatic heterocycles. The van der Waals surface area contributed by atoms with Crippen molar-refractivity contribution in [3.05, 3.63) is 11.1 Å². The highest BCUT2D eigenvalue weighted by Gasteiger charge is 2.88. The van der Waals surface area contributed by atoms with Crippen LogP contribution in [0, 0.1) is 11.8 Å². The van der Waals surface area contributed by atoms with Gasteiger partial charge >= 0.3 is 0 Å². The molecule has 0 saturated heterocycles. The van der Waals surface area contributed by atoms with Gasteiger partial charge in [-0.2, -0.15) is 0 Å². The lowest BCUT2D eigenvalue weighted by atomic mass is 9.79. The van der Waals surface area contributed by atoms with Crippen LogP contribution in [0.25, 0.3) is 0 Å². The van der Waals surface area contributed by atoms with E-state index in [1.54, 1.807) is 0 Å². The molecule has 18 heavy (non-hydrogen) atoms. The van der Waals surface area contributed by atoms with Gasteiger partial charge in [0.2, 0.25) is 0 Å². The summed E-state index contributed by atoms with van der Waals surface area (Å²) in [6, 6.07) is 0. The molecule has 100 valence electrons. The Morgan fingerprint density at radius 3 is 1.89 bits per heavy atom. The van der Waals surface area contributed by atoms with Gasteiger partial charge in [-0.1, -0.05) is 34.8 Å². The molecule has 0 aromatic carbocycles. The zero-order valence-corrected chi connectivity index (χ0v) is 13.7.